The summed E-state index contributed by atoms with van der Waals surface area (Å²) in [7, 11) is 1.59. The van der Waals surface area contributed by atoms with E-state index in [1.165, 1.54) is 4.57 Å². The van der Waals surface area contributed by atoms with Crippen LogP contribution in [0.1, 0.15) is 42.9 Å². The number of nitrogens with zero attached hydrogens (tertiary/aromatic N) is 4. The Morgan fingerprint density at radius 3 is 2.59 bits per heavy atom. The highest BCUT2D eigenvalue weighted by Gasteiger charge is 2.26. The van der Waals surface area contributed by atoms with Gasteiger partial charge in [0.1, 0.15) is 5.75 Å². The number of hydrogen-bond acceptors (Lipinski definition) is 4. The summed E-state index contributed by atoms with van der Waals surface area (Å²) in [5.41, 5.74) is 3.10. The first-order chi connectivity index (χ1) is 15.6. The monoisotopic (exact) mass is 430 g/mol. The SMILES string of the molecule is COc1cccc(-n2c(=O)n(C3CCCC3)c(=O)c3c2ncn3Cc2ccccc2C)c1. The summed E-state index contributed by atoms with van der Waals surface area (Å²) in [4.78, 5) is 31.9. The molecule has 0 spiro atoms. The molecular formula is C25H26N4O3. The van der Waals surface area contributed by atoms with Crippen LogP contribution in [0, 0.1) is 6.92 Å². The molecule has 2 heterocycles. The van der Waals surface area contributed by atoms with E-state index in [0.29, 0.717) is 29.1 Å². The van der Waals surface area contributed by atoms with E-state index in [1.54, 1.807) is 24.1 Å². The fraction of sp³-hybridized carbons (Fsp3) is 0.320. The molecular weight excluding hydrogens is 404 g/mol. The quantitative estimate of drug-likeness (QED) is 0.483. The van der Waals surface area contributed by atoms with E-state index in [9.17, 15) is 9.59 Å². The Labute approximate surface area is 185 Å². The molecule has 1 saturated carbocycles. The minimum Gasteiger partial charge on any atom is -0.497 e. The molecule has 7 nitrogen and oxygen atoms in total. The van der Waals surface area contributed by atoms with Crippen molar-refractivity contribution in [2.45, 2.75) is 45.2 Å². The van der Waals surface area contributed by atoms with Crippen molar-refractivity contribution in [3.63, 3.8) is 0 Å². The minimum atomic E-state index is -0.344. The Hall–Kier alpha value is -3.61. The molecule has 0 N–H and O–H groups in total. The van der Waals surface area contributed by atoms with Crippen molar-refractivity contribution in [1.82, 2.24) is 18.7 Å². The standard InChI is InChI=1S/C25H26N4O3/c1-17-8-3-4-9-18(17)15-27-16-26-23-22(27)24(30)29(19-10-5-6-11-19)25(31)28(23)20-12-7-13-21(14-20)32-2/h3-4,7-9,12-14,16,19H,5-6,10-11,15H2,1-2H3. The molecule has 0 aliphatic heterocycles. The molecule has 7 heteroatoms. The van der Waals surface area contributed by atoms with Crippen molar-refractivity contribution in [2.75, 3.05) is 7.11 Å². The summed E-state index contributed by atoms with van der Waals surface area (Å²) in [6.45, 7) is 2.57. The normalized spacial score (nSPS) is 14.3. The van der Waals surface area contributed by atoms with Gasteiger partial charge in [-0.1, -0.05) is 43.2 Å². The average Bonchev–Trinajstić information content (AvgIpc) is 3.46. The third-order valence-corrected chi connectivity index (χ3v) is 6.45. The summed E-state index contributed by atoms with van der Waals surface area (Å²) < 4.78 is 10.2. The zero-order valence-electron chi connectivity index (χ0n) is 18.3. The number of aryl methyl sites for hydroxylation is 1. The lowest BCUT2D eigenvalue weighted by atomic mass is 10.1. The topological polar surface area (TPSA) is 71.1 Å². The fourth-order valence-corrected chi connectivity index (χ4v) is 4.71. The second kappa shape index (κ2) is 8.15. The van der Waals surface area contributed by atoms with Gasteiger partial charge in [-0.25, -0.2) is 14.3 Å². The Morgan fingerprint density at radius 2 is 1.84 bits per heavy atom. The first kappa shape index (κ1) is 20.3. The smallest absolute Gasteiger partial charge is 0.337 e. The van der Waals surface area contributed by atoms with Gasteiger partial charge in [0.15, 0.2) is 11.2 Å². The van der Waals surface area contributed by atoms with Crippen molar-refractivity contribution in [2.24, 2.45) is 0 Å². The Kier molecular flexibility index (Phi) is 5.17. The number of rotatable bonds is 5. The van der Waals surface area contributed by atoms with Gasteiger partial charge in [-0.15, -0.1) is 0 Å². The third-order valence-electron chi connectivity index (χ3n) is 6.45. The molecule has 0 atom stereocenters. The van der Waals surface area contributed by atoms with Gasteiger partial charge in [0.2, 0.25) is 0 Å². The number of ether oxygens (including phenoxy) is 1. The summed E-state index contributed by atoms with van der Waals surface area (Å²) in [6.07, 6.45) is 5.38. The van der Waals surface area contributed by atoms with Crippen molar-refractivity contribution in [3.05, 3.63) is 86.8 Å². The van der Waals surface area contributed by atoms with E-state index in [-0.39, 0.29) is 17.3 Å². The lowest BCUT2D eigenvalue weighted by Crippen LogP contribution is -2.41. The van der Waals surface area contributed by atoms with Gasteiger partial charge in [-0.05, 0) is 43.0 Å². The van der Waals surface area contributed by atoms with E-state index in [1.807, 2.05) is 34.9 Å². The molecule has 0 bridgehead atoms. The molecule has 0 amide bonds. The van der Waals surface area contributed by atoms with Crippen molar-refractivity contribution in [1.29, 1.82) is 0 Å². The molecule has 164 valence electrons. The van der Waals surface area contributed by atoms with Crippen LogP contribution in [0.3, 0.4) is 0 Å². The first-order valence-corrected chi connectivity index (χ1v) is 11.0. The second-order valence-corrected chi connectivity index (χ2v) is 8.40. The van der Waals surface area contributed by atoms with Gasteiger partial charge >= 0.3 is 5.69 Å². The van der Waals surface area contributed by atoms with Crippen LogP contribution in [0.5, 0.6) is 5.75 Å². The van der Waals surface area contributed by atoms with Gasteiger partial charge < -0.3 is 9.30 Å². The molecule has 0 saturated heterocycles. The van der Waals surface area contributed by atoms with Crippen LogP contribution in [0.4, 0.5) is 0 Å². The molecule has 1 fully saturated rings. The van der Waals surface area contributed by atoms with Gasteiger partial charge in [0.05, 0.1) is 19.1 Å². The maximum absolute atomic E-state index is 13.7. The van der Waals surface area contributed by atoms with Gasteiger partial charge in [-0.2, -0.15) is 0 Å². The maximum Gasteiger partial charge on any atom is 0.337 e. The van der Waals surface area contributed by atoms with E-state index >= 15 is 0 Å². The van der Waals surface area contributed by atoms with Crippen molar-refractivity contribution < 1.29 is 4.74 Å². The molecule has 5 rings (SSSR count). The second-order valence-electron chi connectivity index (χ2n) is 8.40. The highest BCUT2D eigenvalue weighted by molar-refractivity contribution is 5.72. The van der Waals surface area contributed by atoms with Gasteiger partial charge in [0.25, 0.3) is 5.56 Å². The number of aromatic nitrogens is 4. The van der Waals surface area contributed by atoms with Crippen LogP contribution in [0.2, 0.25) is 0 Å². The van der Waals surface area contributed by atoms with Crippen LogP contribution < -0.4 is 16.0 Å². The van der Waals surface area contributed by atoms with Crippen molar-refractivity contribution in [3.8, 4) is 11.4 Å². The van der Waals surface area contributed by atoms with Crippen LogP contribution in [-0.4, -0.2) is 25.8 Å². The molecule has 1 aliphatic carbocycles. The Bertz CT molecular complexity index is 1410. The summed E-state index contributed by atoms with van der Waals surface area (Å²) in [5.74, 6) is 0.639. The van der Waals surface area contributed by atoms with Crippen LogP contribution in [0.25, 0.3) is 16.9 Å². The number of methoxy groups -OCH3 is 1. The lowest BCUT2D eigenvalue weighted by Gasteiger charge is -2.17. The zero-order valence-corrected chi connectivity index (χ0v) is 18.3. The summed E-state index contributed by atoms with van der Waals surface area (Å²) >= 11 is 0. The van der Waals surface area contributed by atoms with E-state index < -0.39 is 0 Å². The number of hydrogen-bond donors (Lipinski definition) is 0. The minimum absolute atomic E-state index is 0.0851. The number of benzene rings is 2. The lowest BCUT2D eigenvalue weighted by molar-refractivity contribution is 0.414. The molecule has 0 radical (unpaired) electrons. The predicted octanol–water partition coefficient (Wildman–Crippen LogP) is 3.83. The molecule has 0 unspecified atom stereocenters. The van der Waals surface area contributed by atoms with E-state index in [4.69, 9.17) is 4.74 Å². The molecule has 1 aliphatic rings. The number of imidazole rings is 1. The largest absolute Gasteiger partial charge is 0.497 e. The highest BCUT2D eigenvalue weighted by Crippen LogP contribution is 2.28. The predicted molar refractivity (Wildman–Crippen MR) is 124 cm³/mol. The average molecular weight is 431 g/mol. The van der Waals surface area contributed by atoms with Crippen molar-refractivity contribution >= 4 is 11.2 Å². The van der Waals surface area contributed by atoms with Crippen LogP contribution in [-0.2, 0) is 6.54 Å². The fourth-order valence-electron chi connectivity index (χ4n) is 4.71. The Morgan fingerprint density at radius 1 is 1.06 bits per heavy atom. The zero-order chi connectivity index (χ0) is 22.2. The molecule has 32 heavy (non-hydrogen) atoms. The van der Waals surface area contributed by atoms with Gasteiger partial charge in [-0.3, -0.25) is 9.36 Å². The van der Waals surface area contributed by atoms with Crippen LogP contribution in [0.15, 0.2) is 64.4 Å². The van der Waals surface area contributed by atoms with E-state index in [0.717, 1.165) is 36.8 Å². The summed E-state index contributed by atoms with van der Waals surface area (Å²) in [6, 6.07) is 15.3. The van der Waals surface area contributed by atoms with Gasteiger partial charge in [0, 0.05) is 18.7 Å². The Balaban J connectivity index is 1.79. The molecule has 2 aromatic heterocycles. The maximum atomic E-state index is 13.7. The third kappa shape index (κ3) is 3.34. The highest BCUT2D eigenvalue weighted by atomic mass is 16.5. The molecule has 4 aromatic rings. The number of fused-ring (bicyclic) bond motifs is 1. The van der Waals surface area contributed by atoms with E-state index in [2.05, 4.69) is 24.0 Å². The first-order valence-electron chi connectivity index (χ1n) is 11.0. The summed E-state index contributed by atoms with van der Waals surface area (Å²) in [5, 5.41) is 0. The molecule has 2 aromatic carbocycles. The van der Waals surface area contributed by atoms with Crippen LogP contribution >= 0.6 is 0 Å².